The third kappa shape index (κ3) is 4.03. The fraction of sp³-hybridized carbons (Fsp3) is 0.417. The van der Waals surface area contributed by atoms with Gasteiger partial charge in [0.25, 0.3) is 0 Å². The van der Waals surface area contributed by atoms with Gasteiger partial charge >= 0.3 is 6.18 Å². The minimum absolute atomic E-state index is 0.0335. The third-order valence-corrected chi connectivity index (χ3v) is 2.49. The molecular weight excluding hydrogens is 247 g/mol. The smallest absolute Gasteiger partial charge is 0.411 e. The highest BCUT2D eigenvalue weighted by Crippen LogP contribution is 2.29. The maximum Gasteiger partial charge on any atom is 0.416 e. The molecule has 0 spiro atoms. The number of rotatable bonds is 5. The van der Waals surface area contributed by atoms with Crippen molar-refractivity contribution in [2.24, 2.45) is 5.16 Å². The predicted octanol–water partition coefficient (Wildman–Crippen LogP) is 3.05. The molecule has 0 aliphatic heterocycles. The average Bonchev–Trinajstić information content (AvgIpc) is 2.34. The lowest BCUT2D eigenvalue weighted by Gasteiger charge is -2.08. The van der Waals surface area contributed by atoms with Gasteiger partial charge in [0.05, 0.1) is 11.3 Å². The Bertz CT molecular complexity index is 399. The molecule has 0 heterocycles. The summed E-state index contributed by atoms with van der Waals surface area (Å²) in [5.41, 5.74) is 0.0273. The summed E-state index contributed by atoms with van der Waals surface area (Å²) in [4.78, 5) is 0. The molecule has 0 unspecified atom stereocenters. The Morgan fingerprint density at radius 3 is 2.17 bits per heavy atom. The first-order valence-electron chi connectivity index (χ1n) is 5.48. The number of aliphatic hydroxyl groups excluding tert-OH is 1. The lowest BCUT2D eigenvalue weighted by atomic mass is 10.0. The summed E-state index contributed by atoms with van der Waals surface area (Å²) < 4.78 is 37.0. The first-order chi connectivity index (χ1) is 8.49. The standard InChI is InChI=1S/C12H14F3NO2/c13-12(14,15)10-6-4-9(5-7-10)11(16-18)3-1-2-8-17/h4-7,17-18H,1-3,8H2/b16-11+. The Hall–Kier alpha value is -1.56. The van der Waals surface area contributed by atoms with Gasteiger partial charge in [-0.3, -0.25) is 0 Å². The van der Waals surface area contributed by atoms with E-state index in [4.69, 9.17) is 10.3 Å². The largest absolute Gasteiger partial charge is 0.416 e. The third-order valence-electron chi connectivity index (χ3n) is 2.49. The minimum atomic E-state index is -4.37. The van der Waals surface area contributed by atoms with Gasteiger partial charge in [0.1, 0.15) is 0 Å². The van der Waals surface area contributed by atoms with Crippen LogP contribution < -0.4 is 0 Å². The number of aliphatic hydroxyl groups is 1. The van der Waals surface area contributed by atoms with Gasteiger partial charge in [0.2, 0.25) is 0 Å². The van der Waals surface area contributed by atoms with Crippen LogP contribution in [0.4, 0.5) is 13.2 Å². The molecule has 0 fully saturated rings. The molecule has 0 aliphatic carbocycles. The van der Waals surface area contributed by atoms with Crippen molar-refractivity contribution in [1.82, 2.24) is 0 Å². The highest BCUT2D eigenvalue weighted by atomic mass is 19.4. The first kappa shape index (κ1) is 14.5. The molecule has 0 saturated heterocycles. The Balaban J connectivity index is 2.77. The van der Waals surface area contributed by atoms with Crippen molar-refractivity contribution in [1.29, 1.82) is 0 Å². The Morgan fingerprint density at radius 2 is 1.72 bits per heavy atom. The van der Waals surface area contributed by atoms with Crippen LogP contribution in [-0.2, 0) is 6.18 Å². The van der Waals surface area contributed by atoms with Crippen molar-refractivity contribution in [2.75, 3.05) is 6.61 Å². The molecule has 0 amide bonds. The van der Waals surface area contributed by atoms with E-state index in [0.29, 0.717) is 30.5 Å². The summed E-state index contributed by atoms with van der Waals surface area (Å²) in [6, 6.07) is 4.45. The monoisotopic (exact) mass is 261 g/mol. The van der Waals surface area contributed by atoms with Crippen LogP contribution >= 0.6 is 0 Å². The van der Waals surface area contributed by atoms with Gasteiger partial charge < -0.3 is 10.3 Å². The average molecular weight is 261 g/mol. The molecule has 0 bridgehead atoms. The van der Waals surface area contributed by atoms with E-state index in [9.17, 15) is 13.2 Å². The Labute approximate surface area is 103 Å². The summed E-state index contributed by atoms with van der Waals surface area (Å²) in [7, 11) is 0. The van der Waals surface area contributed by atoms with E-state index in [1.54, 1.807) is 0 Å². The molecule has 0 saturated carbocycles. The van der Waals surface area contributed by atoms with Crippen LogP contribution in [0.1, 0.15) is 30.4 Å². The molecule has 6 heteroatoms. The molecule has 100 valence electrons. The van der Waals surface area contributed by atoms with Gasteiger partial charge in [0.15, 0.2) is 0 Å². The van der Waals surface area contributed by atoms with Crippen molar-refractivity contribution >= 4 is 5.71 Å². The molecule has 3 nitrogen and oxygen atoms in total. The predicted molar refractivity (Wildman–Crippen MR) is 60.7 cm³/mol. The maximum atomic E-state index is 12.3. The summed E-state index contributed by atoms with van der Waals surface area (Å²) in [6.45, 7) is 0.0335. The highest BCUT2D eigenvalue weighted by Gasteiger charge is 2.30. The Morgan fingerprint density at radius 1 is 1.11 bits per heavy atom. The normalized spacial score (nSPS) is 12.8. The van der Waals surface area contributed by atoms with E-state index in [2.05, 4.69) is 5.16 Å². The lowest BCUT2D eigenvalue weighted by molar-refractivity contribution is -0.137. The minimum Gasteiger partial charge on any atom is -0.411 e. The molecule has 0 aliphatic rings. The van der Waals surface area contributed by atoms with Gasteiger partial charge in [-0.25, -0.2) is 0 Å². The van der Waals surface area contributed by atoms with E-state index in [1.807, 2.05) is 0 Å². The zero-order chi connectivity index (χ0) is 13.6. The SMILES string of the molecule is OCCCC/C(=N\O)c1ccc(C(F)(F)F)cc1. The van der Waals surface area contributed by atoms with Gasteiger partial charge in [0, 0.05) is 6.61 Å². The first-order valence-corrected chi connectivity index (χ1v) is 5.48. The van der Waals surface area contributed by atoms with E-state index < -0.39 is 11.7 Å². The van der Waals surface area contributed by atoms with Crippen LogP contribution in [-0.4, -0.2) is 22.6 Å². The molecule has 1 rings (SSSR count). The molecule has 0 atom stereocenters. The zero-order valence-electron chi connectivity index (χ0n) is 9.61. The second-order valence-corrected chi connectivity index (χ2v) is 3.80. The van der Waals surface area contributed by atoms with E-state index in [-0.39, 0.29) is 6.61 Å². The molecule has 18 heavy (non-hydrogen) atoms. The van der Waals surface area contributed by atoms with Gasteiger partial charge in [-0.05, 0) is 37.0 Å². The van der Waals surface area contributed by atoms with Crippen LogP contribution in [0.2, 0.25) is 0 Å². The molecule has 1 aromatic carbocycles. The summed E-state index contributed by atoms with van der Waals surface area (Å²) in [6.07, 6.45) is -2.80. The number of hydrogen-bond acceptors (Lipinski definition) is 3. The van der Waals surface area contributed by atoms with Crippen molar-refractivity contribution in [2.45, 2.75) is 25.4 Å². The van der Waals surface area contributed by atoms with Crippen LogP contribution in [0.15, 0.2) is 29.4 Å². The van der Waals surface area contributed by atoms with Crippen LogP contribution in [0.25, 0.3) is 0 Å². The number of hydrogen-bond donors (Lipinski definition) is 2. The zero-order valence-corrected chi connectivity index (χ0v) is 9.61. The molecular formula is C12H14F3NO2. The molecule has 0 radical (unpaired) electrons. The number of oxime groups is 1. The van der Waals surface area contributed by atoms with Crippen molar-refractivity contribution < 1.29 is 23.5 Å². The quantitative estimate of drug-likeness (QED) is 0.370. The fourth-order valence-electron chi connectivity index (χ4n) is 1.51. The molecule has 0 aromatic heterocycles. The van der Waals surface area contributed by atoms with Gasteiger partial charge in [-0.1, -0.05) is 17.3 Å². The number of alkyl halides is 3. The number of nitrogens with zero attached hydrogens (tertiary/aromatic N) is 1. The molecule has 2 N–H and O–H groups in total. The van der Waals surface area contributed by atoms with Gasteiger partial charge in [-0.15, -0.1) is 0 Å². The summed E-state index contributed by atoms with van der Waals surface area (Å²) in [5.74, 6) is 0. The second-order valence-electron chi connectivity index (χ2n) is 3.80. The van der Waals surface area contributed by atoms with Gasteiger partial charge in [-0.2, -0.15) is 13.2 Å². The van der Waals surface area contributed by atoms with E-state index in [1.165, 1.54) is 12.1 Å². The second kappa shape index (κ2) is 6.39. The lowest BCUT2D eigenvalue weighted by Crippen LogP contribution is -2.06. The number of halogens is 3. The fourth-order valence-corrected chi connectivity index (χ4v) is 1.51. The maximum absolute atomic E-state index is 12.3. The Kier molecular flexibility index (Phi) is 5.15. The highest BCUT2D eigenvalue weighted by molar-refractivity contribution is 6.00. The molecule has 1 aromatic rings. The van der Waals surface area contributed by atoms with Crippen LogP contribution in [0, 0.1) is 0 Å². The summed E-state index contributed by atoms with van der Waals surface area (Å²) >= 11 is 0. The number of unbranched alkanes of at least 4 members (excludes halogenated alkanes) is 1. The van der Waals surface area contributed by atoms with Crippen LogP contribution in [0.3, 0.4) is 0 Å². The topological polar surface area (TPSA) is 52.8 Å². The van der Waals surface area contributed by atoms with Crippen molar-refractivity contribution in [3.05, 3.63) is 35.4 Å². The van der Waals surface area contributed by atoms with Crippen molar-refractivity contribution in [3.8, 4) is 0 Å². The summed E-state index contributed by atoms with van der Waals surface area (Å²) in [5, 5.41) is 20.5. The van der Waals surface area contributed by atoms with Crippen LogP contribution in [0.5, 0.6) is 0 Å². The van der Waals surface area contributed by atoms with E-state index in [0.717, 1.165) is 12.1 Å². The van der Waals surface area contributed by atoms with E-state index >= 15 is 0 Å². The number of benzene rings is 1. The van der Waals surface area contributed by atoms with Crippen molar-refractivity contribution in [3.63, 3.8) is 0 Å².